The number of aliphatic imine (C=N–C) groups is 1. The number of nitrogens with zero attached hydrogens (tertiary/aromatic N) is 2. The van der Waals surface area contributed by atoms with Crippen LogP contribution in [0.5, 0.6) is 0 Å². The molecule has 0 bridgehead atoms. The van der Waals surface area contributed by atoms with Gasteiger partial charge in [0.15, 0.2) is 0 Å². The molecule has 1 N–H and O–H groups in total. The summed E-state index contributed by atoms with van der Waals surface area (Å²) in [7, 11) is -3.43. The Bertz CT molecular complexity index is 592. The molecular weight excluding hydrogens is 262 g/mol. The molecule has 2 heterocycles. The van der Waals surface area contributed by atoms with Gasteiger partial charge in [-0.25, -0.2) is 13.4 Å². The number of piperidine rings is 1. The number of fused-ring (bicyclic) bond motifs is 1. The molecule has 0 aromatic heterocycles. The Labute approximate surface area is 113 Å². The van der Waals surface area contributed by atoms with Gasteiger partial charge >= 0.3 is 0 Å². The summed E-state index contributed by atoms with van der Waals surface area (Å²) in [5.41, 5.74) is 0.528. The number of hydrogen-bond acceptors (Lipinski definition) is 4. The Hall–Kier alpha value is -1.40. The Morgan fingerprint density at radius 3 is 3.00 bits per heavy atom. The van der Waals surface area contributed by atoms with Gasteiger partial charge in [-0.2, -0.15) is 0 Å². The fraction of sp³-hybridized carbons (Fsp3) is 0.462. The molecule has 102 valence electrons. The van der Waals surface area contributed by atoms with Crippen molar-refractivity contribution in [2.75, 3.05) is 19.6 Å². The van der Waals surface area contributed by atoms with E-state index in [-0.39, 0.29) is 0 Å². The minimum absolute atomic E-state index is 0.307. The average molecular weight is 279 g/mol. The van der Waals surface area contributed by atoms with E-state index in [1.165, 1.54) is 10.6 Å². The first-order chi connectivity index (χ1) is 9.18. The molecule has 19 heavy (non-hydrogen) atoms. The molecule has 1 saturated heterocycles. The molecule has 3 rings (SSSR count). The third-order valence-corrected chi connectivity index (χ3v) is 5.38. The summed E-state index contributed by atoms with van der Waals surface area (Å²) >= 11 is 0. The highest BCUT2D eigenvalue weighted by Crippen LogP contribution is 2.30. The monoisotopic (exact) mass is 279 g/mol. The lowest BCUT2D eigenvalue weighted by Gasteiger charge is -2.30. The number of benzene rings is 1. The molecule has 0 spiro atoms. The highest BCUT2D eigenvalue weighted by atomic mass is 32.2. The molecule has 5 nitrogen and oxygen atoms in total. The van der Waals surface area contributed by atoms with Crippen LogP contribution in [0.4, 0.5) is 5.69 Å². The Balaban J connectivity index is 1.85. The normalized spacial score (nSPS) is 25.1. The minimum Gasteiger partial charge on any atom is -0.316 e. The lowest BCUT2D eigenvalue weighted by molar-refractivity contribution is 0.339. The standard InChI is InChI=1S/C13H17N3O2S/c17-19(18)13-6-2-1-5-12(13)15-10-16(19)9-11-4-3-7-14-8-11/h1-2,5-6,10-11,14H,3-4,7-9H2. The maximum atomic E-state index is 12.5. The van der Waals surface area contributed by atoms with E-state index >= 15 is 0 Å². The van der Waals surface area contributed by atoms with Crippen molar-refractivity contribution in [3.8, 4) is 0 Å². The van der Waals surface area contributed by atoms with Crippen LogP contribution in [-0.4, -0.2) is 38.7 Å². The quantitative estimate of drug-likeness (QED) is 0.889. The molecule has 1 aromatic carbocycles. The molecule has 0 amide bonds. The molecule has 6 heteroatoms. The maximum Gasteiger partial charge on any atom is 0.267 e. The lowest BCUT2D eigenvalue weighted by Crippen LogP contribution is -2.41. The van der Waals surface area contributed by atoms with E-state index in [9.17, 15) is 8.42 Å². The van der Waals surface area contributed by atoms with Crippen LogP contribution in [0.25, 0.3) is 0 Å². The first kappa shape index (κ1) is 12.6. The summed E-state index contributed by atoms with van der Waals surface area (Å²) in [6.45, 7) is 2.41. The summed E-state index contributed by atoms with van der Waals surface area (Å²) in [5, 5.41) is 3.30. The number of nitrogens with one attached hydrogen (secondary N) is 1. The highest BCUT2D eigenvalue weighted by molar-refractivity contribution is 7.89. The fourth-order valence-corrected chi connectivity index (χ4v) is 4.04. The van der Waals surface area contributed by atoms with Crippen molar-refractivity contribution in [2.24, 2.45) is 10.9 Å². The van der Waals surface area contributed by atoms with Crippen LogP contribution in [0.3, 0.4) is 0 Å². The topological polar surface area (TPSA) is 61.8 Å². The van der Waals surface area contributed by atoms with Crippen LogP contribution in [0.15, 0.2) is 34.2 Å². The van der Waals surface area contributed by atoms with E-state index in [0.717, 1.165) is 25.9 Å². The van der Waals surface area contributed by atoms with Crippen LogP contribution in [0, 0.1) is 5.92 Å². The zero-order valence-electron chi connectivity index (χ0n) is 10.6. The SMILES string of the molecule is O=S1(=O)c2ccccc2N=CN1CC1CCCNC1. The Morgan fingerprint density at radius 1 is 1.37 bits per heavy atom. The van der Waals surface area contributed by atoms with E-state index in [2.05, 4.69) is 10.3 Å². The van der Waals surface area contributed by atoms with Gasteiger partial charge in [-0.05, 0) is 44.0 Å². The van der Waals surface area contributed by atoms with Gasteiger partial charge in [0, 0.05) is 6.54 Å². The summed E-state index contributed by atoms with van der Waals surface area (Å²) in [6, 6.07) is 6.88. The van der Waals surface area contributed by atoms with Crippen molar-refractivity contribution in [2.45, 2.75) is 17.7 Å². The predicted octanol–water partition coefficient (Wildman–Crippen LogP) is 1.35. The molecule has 1 aromatic rings. The second kappa shape index (κ2) is 4.94. The number of hydrogen-bond donors (Lipinski definition) is 1. The van der Waals surface area contributed by atoms with Gasteiger partial charge in [0.05, 0.1) is 5.69 Å². The van der Waals surface area contributed by atoms with Crippen LogP contribution in [-0.2, 0) is 10.0 Å². The zero-order chi connectivity index (χ0) is 13.3. The molecule has 2 aliphatic rings. The van der Waals surface area contributed by atoms with Crippen molar-refractivity contribution >= 4 is 22.0 Å². The van der Waals surface area contributed by atoms with Crippen molar-refractivity contribution in [1.82, 2.24) is 9.62 Å². The lowest BCUT2D eigenvalue weighted by atomic mass is 10.00. The molecule has 1 unspecified atom stereocenters. The second-order valence-electron chi connectivity index (χ2n) is 5.00. The fourth-order valence-electron chi connectivity index (χ4n) is 2.58. The van der Waals surface area contributed by atoms with E-state index in [1.54, 1.807) is 24.3 Å². The van der Waals surface area contributed by atoms with Gasteiger partial charge in [0.2, 0.25) is 0 Å². The summed E-state index contributed by atoms with van der Waals surface area (Å²) in [6.07, 6.45) is 3.62. The number of rotatable bonds is 2. The molecule has 0 radical (unpaired) electrons. The minimum atomic E-state index is -3.43. The van der Waals surface area contributed by atoms with E-state index < -0.39 is 10.0 Å². The van der Waals surface area contributed by atoms with Crippen LogP contribution in [0.2, 0.25) is 0 Å². The third-order valence-electron chi connectivity index (χ3n) is 3.61. The molecule has 1 atom stereocenters. The summed E-state index contributed by atoms with van der Waals surface area (Å²) < 4.78 is 26.4. The van der Waals surface area contributed by atoms with Gasteiger partial charge in [-0.15, -0.1) is 0 Å². The van der Waals surface area contributed by atoms with Crippen molar-refractivity contribution in [1.29, 1.82) is 0 Å². The average Bonchev–Trinajstić information content (AvgIpc) is 2.44. The van der Waals surface area contributed by atoms with Gasteiger partial charge in [0.25, 0.3) is 10.0 Å². The molecule has 1 fully saturated rings. The van der Waals surface area contributed by atoms with E-state index in [0.29, 0.717) is 23.0 Å². The molecular formula is C13H17N3O2S. The second-order valence-corrected chi connectivity index (χ2v) is 6.86. The number of sulfonamides is 1. The van der Waals surface area contributed by atoms with Gasteiger partial charge in [-0.1, -0.05) is 12.1 Å². The largest absolute Gasteiger partial charge is 0.316 e. The number of para-hydroxylation sites is 1. The van der Waals surface area contributed by atoms with Crippen LogP contribution >= 0.6 is 0 Å². The molecule has 0 aliphatic carbocycles. The van der Waals surface area contributed by atoms with Gasteiger partial charge < -0.3 is 5.32 Å². The maximum absolute atomic E-state index is 12.5. The molecule has 2 aliphatic heterocycles. The predicted molar refractivity (Wildman–Crippen MR) is 74.1 cm³/mol. The molecule has 0 saturated carbocycles. The Morgan fingerprint density at radius 2 is 2.21 bits per heavy atom. The highest BCUT2D eigenvalue weighted by Gasteiger charge is 2.30. The van der Waals surface area contributed by atoms with Crippen molar-refractivity contribution < 1.29 is 8.42 Å². The van der Waals surface area contributed by atoms with Crippen LogP contribution in [0.1, 0.15) is 12.8 Å². The summed E-state index contributed by atoms with van der Waals surface area (Å²) in [4.78, 5) is 4.54. The third kappa shape index (κ3) is 2.37. The first-order valence-corrected chi connectivity index (χ1v) is 7.98. The summed E-state index contributed by atoms with van der Waals surface area (Å²) in [5.74, 6) is 0.361. The first-order valence-electron chi connectivity index (χ1n) is 6.54. The Kier molecular flexibility index (Phi) is 3.28. The van der Waals surface area contributed by atoms with Gasteiger partial charge in [0.1, 0.15) is 11.2 Å². The van der Waals surface area contributed by atoms with E-state index in [1.807, 2.05) is 0 Å². The zero-order valence-corrected chi connectivity index (χ0v) is 11.4. The van der Waals surface area contributed by atoms with Crippen molar-refractivity contribution in [3.63, 3.8) is 0 Å². The van der Waals surface area contributed by atoms with Gasteiger partial charge in [-0.3, -0.25) is 4.31 Å². The van der Waals surface area contributed by atoms with Crippen LogP contribution < -0.4 is 5.32 Å². The smallest absolute Gasteiger partial charge is 0.267 e. The van der Waals surface area contributed by atoms with E-state index in [4.69, 9.17) is 0 Å². The van der Waals surface area contributed by atoms with Crippen molar-refractivity contribution in [3.05, 3.63) is 24.3 Å².